The SMILES string of the molecule is CCSCC(C)(C(Nc1cccc2nc(C)ccc12)c1cccc2c1OCC2)C(F)(F)F. The number of halogens is 3. The summed E-state index contributed by atoms with van der Waals surface area (Å²) in [4.78, 5) is 4.54. The highest BCUT2D eigenvalue weighted by atomic mass is 32.2. The molecule has 2 atom stereocenters. The zero-order valence-corrected chi connectivity index (χ0v) is 19.2. The van der Waals surface area contributed by atoms with Gasteiger partial charge < -0.3 is 10.1 Å². The molecule has 0 bridgehead atoms. The number of hydrogen-bond donors (Lipinski definition) is 1. The van der Waals surface area contributed by atoms with Gasteiger partial charge in [-0.15, -0.1) is 0 Å². The van der Waals surface area contributed by atoms with Crippen molar-refractivity contribution in [3.05, 3.63) is 65.4 Å². The fourth-order valence-corrected chi connectivity index (χ4v) is 5.19. The fraction of sp³-hybridized carbons (Fsp3) is 0.400. The first kappa shape index (κ1) is 22.8. The lowest BCUT2D eigenvalue weighted by atomic mass is 9.78. The Morgan fingerprint density at radius 3 is 2.66 bits per heavy atom. The van der Waals surface area contributed by atoms with Crippen molar-refractivity contribution >= 4 is 28.4 Å². The van der Waals surface area contributed by atoms with Crippen LogP contribution in [0.3, 0.4) is 0 Å². The van der Waals surface area contributed by atoms with Gasteiger partial charge in [-0.25, -0.2) is 0 Å². The molecule has 2 unspecified atom stereocenters. The average molecular weight is 461 g/mol. The molecule has 0 saturated heterocycles. The number of pyridine rings is 1. The van der Waals surface area contributed by atoms with E-state index < -0.39 is 17.6 Å². The van der Waals surface area contributed by atoms with Gasteiger partial charge in [0.1, 0.15) is 5.75 Å². The summed E-state index contributed by atoms with van der Waals surface area (Å²) < 4.78 is 49.9. The van der Waals surface area contributed by atoms with E-state index in [0.717, 1.165) is 22.2 Å². The summed E-state index contributed by atoms with van der Waals surface area (Å²) in [6.45, 7) is 5.58. The summed E-state index contributed by atoms with van der Waals surface area (Å²) in [5.41, 5.74) is 1.73. The Hall–Kier alpha value is -2.41. The van der Waals surface area contributed by atoms with Crippen LogP contribution in [0.4, 0.5) is 18.9 Å². The largest absolute Gasteiger partial charge is 0.493 e. The second kappa shape index (κ2) is 8.85. The summed E-state index contributed by atoms with van der Waals surface area (Å²) in [5, 5.41) is 4.09. The number of rotatable bonds is 7. The topological polar surface area (TPSA) is 34.2 Å². The molecule has 3 nitrogen and oxygen atoms in total. The smallest absolute Gasteiger partial charge is 0.397 e. The Bertz CT molecular complexity index is 1120. The van der Waals surface area contributed by atoms with E-state index in [4.69, 9.17) is 4.74 Å². The van der Waals surface area contributed by atoms with Crippen LogP contribution in [0, 0.1) is 12.3 Å². The van der Waals surface area contributed by atoms with Gasteiger partial charge in [0.05, 0.1) is 23.6 Å². The second-order valence-corrected chi connectivity index (χ2v) is 9.66. The van der Waals surface area contributed by atoms with Crippen LogP contribution in [-0.4, -0.2) is 29.3 Å². The first-order valence-electron chi connectivity index (χ1n) is 10.8. The molecular formula is C25H27F3N2OS. The first-order chi connectivity index (χ1) is 15.2. The van der Waals surface area contributed by atoms with Gasteiger partial charge >= 0.3 is 6.18 Å². The molecule has 7 heteroatoms. The molecule has 3 aromatic rings. The molecule has 0 radical (unpaired) electrons. The lowest BCUT2D eigenvalue weighted by Gasteiger charge is -2.40. The van der Waals surface area contributed by atoms with Crippen molar-refractivity contribution in [2.75, 3.05) is 23.4 Å². The Labute approximate surface area is 190 Å². The number of fused-ring (bicyclic) bond motifs is 2. The number of thioether (sulfide) groups is 1. The molecule has 0 amide bonds. The van der Waals surface area contributed by atoms with Gasteiger partial charge in [-0.3, -0.25) is 4.98 Å². The van der Waals surface area contributed by atoms with Crippen LogP contribution in [0.15, 0.2) is 48.5 Å². The van der Waals surface area contributed by atoms with E-state index in [-0.39, 0.29) is 5.75 Å². The van der Waals surface area contributed by atoms with Crippen LogP contribution in [-0.2, 0) is 6.42 Å². The lowest BCUT2D eigenvalue weighted by molar-refractivity contribution is -0.215. The zero-order chi connectivity index (χ0) is 22.9. The van der Waals surface area contributed by atoms with Crippen molar-refractivity contribution < 1.29 is 17.9 Å². The summed E-state index contributed by atoms with van der Waals surface area (Å²) in [6, 6.07) is 13.8. The molecular weight excluding hydrogens is 433 g/mol. The predicted molar refractivity (Wildman–Crippen MR) is 126 cm³/mol. The van der Waals surface area contributed by atoms with Crippen LogP contribution in [0.1, 0.15) is 36.7 Å². The number of nitrogens with one attached hydrogen (secondary N) is 1. The minimum atomic E-state index is -4.42. The van der Waals surface area contributed by atoms with Crippen LogP contribution in [0.5, 0.6) is 5.75 Å². The van der Waals surface area contributed by atoms with Crippen molar-refractivity contribution in [3.8, 4) is 5.75 Å². The number of aromatic nitrogens is 1. The van der Waals surface area contributed by atoms with Crippen molar-refractivity contribution in [3.63, 3.8) is 0 Å². The van der Waals surface area contributed by atoms with Crippen LogP contribution < -0.4 is 10.1 Å². The average Bonchev–Trinajstić information content (AvgIpc) is 3.24. The van der Waals surface area contributed by atoms with Crippen molar-refractivity contribution in [2.45, 2.75) is 39.4 Å². The number of aryl methyl sites for hydroxylation is 1. The van der Waals surface area contributed by atoms with E-state index in [0.29, 0.717) is 35.8 Å². The third-order valence-corrected chi connectivity index (χ3v) is 7.33. The molecule has 1 aliphatic rings. The number of nitrogens with zero attached hydrogens (tertiary/aromatic N) is 1. The maximum Gasteiger partial charge on any atom is 0.397 e. The van der Waals surface area contributed by atoms with Gasteiger partial charge in [0, 0.05) is 34.5 Å². The van der Waals surface area contributed by atoms with Crippen LogP contribution in [0.2, 0.25) is 0 Å². The standard InChI is InChI=1S/C25H27F3N2OS/c1-4-32-15-24(3,25(26,27)28)23(19-8-5-7-17-13-14-31-22(17)19)30-21-10-6-9-20-18(21)12-11-16(2)29-20/h5-12,23,30H,4,13-15H2,1-3H3. The number of anilines is 1. The predicted octanol–water partition coefficient (Wildman–Crippen LogP) is 6.95. The third kappa shape index (κ3) is 4.15. The number of alkyl halides is 3. The third-order valence-electron chi connectivity index (χ3n) is 6.12. The summed E-state index contributed by atoms with van der Waals surface area (Å²) in [5.74, 6) is 1.13. The molecule has 0 spiro atoms. The fourth-order valence-electron chi connectivity index (χ4n) is 4.23. The van der Waals surface area contributed by atoms with E-state index in [1.54, 1.807) is 6.07 Å². The normalized spacial score (nSPS) is 16.3. The molecule has 1 N–H and O–H groups in total. The second-order valence-electron chi connectivity index (χ2n) is 8.39. The van der Waals surface area contributed by atoms with E-state index in [1.165, 1.54) is 18.7 Å². The Kier molecular flexibility index (Phi) is 6.30. The van der Waals surface area contributed by atoms with Crippen LogP contribution >= 0.6 is 11.8 Å². The van der Waals surface area contributed by atoms with E-state index in [9.17, 15) is 13.2 Å². The van der Waals surface area contributed by atoms with Crippen molar-refractivity contribution in [1.82, 2.24) is 4.98 Å². The number of para-hydroxylation sites is 1. The maximum absolute atomic E-state index is 14.7. The molecule has 2 heterocycles. The quantitative estimate of drug-likeness (QED) is 0.414. The minimum absolute atomic E-state index is 0.0591. The zero-order valence-electron chi connectivity index (χ0n) is 18.4. The molecule has 32 heavy (non-hydrogen) atoms. The lowest BCUT2D eigenvalue weighted by Crippen LogP contribution is -2.46. The highest BCUT2D eigenvalue weighted by Gasteiger charge is 2.57. The highest BCUT2D eigenvalue weighted by Crippen LogP contribution is 2.53. The monoisotopic (exact) mass is 460 g/mol. The molecule has 2 aromatic carbocycles. The molecule has 1 aromatic heterocycles. The summed E-state index contributed by atoms with van der Waals surface area (Å²) in [6.07, 6.45) is -3.71. The van der Waals surface area contributed by atoms with Gasteiger partial charge in [-0.05, 0) is 49.4 Å². The van der Waals surface area contributed by atoms with E-state index >= 15 is 0 Å². The minimum Gasteiger partial charge on any atom is -0.493 e. The van der Waals surface area contributed by atoms with Gasteiger partial charge in [-0.1, -0.05) is 31.2 Å². The molecule has 4 rings (SSSR count). The van der Waals surface area contributed by atoms with Crippen LogP contribution in [0.25, 0.3) is 10.9 Å². The van der Waals surface area contributed by atoms with Gasteiger partial charge in [0.15, 0.2) is 0 Å². The molecule has 0 aliphatic carbocycles. The first-order valence-corrected chi connectivity index (χ1v) is 11.9. The number of ether oxygens (including phenoxy) is 1. The van der Waals surface area contributed by atoms with Crippen molar-refractivity contribution in [1.29, 1.82) is 0 Å². The number of benzene rings is 2. The highest BCUT2D eigenvalue weighted by molar-refractivity contribution is 7.99. The Balaban J connectivity index is 1.88. The van der Waals surface area contributed by atoms with Gasteiger partial charge in [0.2, 0.25) is 0 Å². The Morgan fingerprint density at radius 2 is 1.91 bits per heavy atom. The van der Waals surface area contributed by atoms with E-state index in [1.807, 2.05) is 56.3 Å². The molecule has 170 valence electrons. The van der Waals surface area contributed by atoms with Gasteiger partial charge in [0.25, 0.3) is 0 Å². The Morgan fingerprint density at radius 1 is 1.12 bits per heavy atom. The molecule has 0 saturated carbocycles. The summed E-state index contributed by atoms with van der Waals surface area (Å²) in [7, 11) is 0. The molecule has 1 aliphatic heterocycles. The summed E-state index contributed by atoms with van der Waals surface area (Å²) >= 11 is 1.30. The van der Waals surface area contributed by atoms with Gasteiger partial charge in [-0.2, -0.15) is 24.9 Å². The number of hydrogen-bond acceptors (Lipinski definition) is 4. The maximum atomic E-state index is 14.7. The van der Waals surface area contributed by atoms with Crippen molar-refractivity contribution in [2.24, 2.45) is 5.41 Å². The van der Waals surface area contributed by atoms with E-state index in [2.05, 4.69) is 10.3 Å². The molecule has 0 fully saturated rings.